The second kappa shape index (κ2) is 7.28. The summed E-state index contributed by atoms with van der Waals surface area (Å²) in [7, 11) is 0. The van der Waals surface area contributed by atoms with E-state index < -0.39 is 17.9 Å². The Hall–Kier alpha value is -2.34. The molecule has 0 saturated carbocycles. The number of rotatable bonds is 7. The Morgan fingerprint density at radius 2 is 2.17 bits per heavy atom. The second-order valence-electron chi connectivity index (χ2n) is 5.56. The van der Waals surface area contributed by atoms with Crippen LogP contribution >= 0.6 is 0 Å². The number of hydrogen-bond donors (Lipinski definition) is 2. The van der Waals surface area contributed by atoms with Crippen LogP contribution in [-0.2, 0) is 14.3 Å². The summed E-state index contributed by atoms with van der Waals surface area (Å²) in [6.07, 6.45) is 1.52. The Labute approximate surface area is 135 Å². The van der Waals surface area contributed by atoms with E-state index in [1.165, 1.54) is 6.08 Å². The maximum Gasteiger partial charge on any atom is 0.328 e. The van der Waals surface area contributed by atoms with E-state index in [2.05, 4.69) is 11.9 Å². The minimum atomic E-state index is -1.14. The molecule has 2 rings (SSSR count). The van der Waals surface area contributed by atoms with Gasteiger partial charge in [0.2, 0.25) is 5.91 Å². The molecule has 0 fully saturated rings. The lowest BCUT2D eigenvalue weighted by Gasteiger charge is -2.17. The minimum absolute atomic E-state index is 0.111. The van der Waals surface area contributed by atoms with Crippen molar-refractivity contribution in [3.05, 3.63) is 41.5 Å². The molecule has 0 aliphatic carbocycles. The van der Waals surface area contributed by atoms with Crippen molar-refractivity contribution in [2.24, 2.45) is 0 Å². The van der Waals surface area contributed by atoms with Gasteiger partial charge in [0.25, 0.3) is 0 Å². The molecule has 1 aliphatic heterocycles. The highest BCUT2D eigenvalue weighted by Crippen LogP contribution is 2.36. The first kappa shape index (κ1) is 17.0. The molecule has 1 aliphatic rings. The van der Waals surface area contributed by atoms with Gasteiger partial charge in [-0.2, -0.15) is 0 Å². The number of carboxylic acid groups (broad SMARTS) is 1. The molecule has 6 heteroatoms. The number of carboxylic acids is 1. The number of fused-ring (bicyclic) bond motifs is 1. The highest BCUT2D eigenvalue weighted by atomic mass is 16.5. The molecule has 2 N–H and O–H groups in total. The normalized spacial score (nSPS) is 17.0. The molecule has 6 nitrogen and oxygen atoms in total. The molecular formula is C17H21NO5. The number of benzene rings is 1. The average Bonchev–Trinajstić information content (AvgIpc) is 2.89. The van der Waals surface area contributed by atoms with Gasteiger partial charge in [0.05, 0.1) is 13.2 Å². The molecule has 1 aromatic rings. The van der Waals surface area contributed by atoms with Gasteiger partial charge >= 0.3 is 5.97 Å². The number of hydrogen-bond acceptors (Lipinski definition) is 4. The van der Waals surface area contributed by atoms with Crippen molar-refractivity contribution in [3.8, 4) is 5.75 Å². The standard InChI is InChI=1S/C17H21NO5/c1-4-5-22-9-14(17(20)21)18-16(19)13-8-23-15-7-11(3)10(2)6-12(13)15/h4,6-7,13-14H,1,5,8-9H2,2-3H3,(H,18,19)(H,20,21). The molecule has 0 radical (unpaired) electrons. The lowest BCUT2D eigenvalue weighted by Crippen LogP contribution is -2.46. The number of carbonyl (C=O) groups is 2. The van der Waals surface area contributed by atoms with Crippen molar-refractivity contribution in [1.82, 2.24) is 5.32 Å². The predicted octanol–water partition coefficient (Wildman–Crippen LogP) is 1.55. The average molecular weight is 319 g/mol. The van der Waals surface area contributed by atoms with Crippen LogP contribution in [0.5, 0.6) is 5.75 Å². The van der Waals surface area contributed by atoms with E-state index in [9.17, 15) is 14.7 Å². The first-order valence-corrected chi connectivity index (χ1v) is 7.39. The summed E-state index contributed by atoms with van der Waals surface area (Å²) in [4.78, 5) is 23.7. The number of ether oxygens (including phenoxy) is 2. The van der Waals surface area contributed by atoms with E-state index in [1.54, 1.807) is 0 Å². The second-order valence-corrected chi connectivity index (χ2v) is 5.56. The number of aryl methyl sites for hydroxylation is 2. The molecule has 0 aromatic heterocycles. The number of carbonyl (C=O) groups excluding carboxylic acids is 1. The van der Waals surface area contributed by atoms with Gasteiger partial charge < -0.3 is 19.9 Å². The van der Waals surface area contributed by atoms with Crippen molar-refractivity contribution >= 4 is 11.9 Å². The molecule has 1 heterocycles. The summed E-state index contributed by atoms with van der Waals surface area (Å²) in [6, 6.07) is 2.73. The molecular weight excluding hydrogens is 298 g/mol. The molecule has 0 bridgehead atoms. The van der Waals surface area contributed by atoms with Crippen LogP contribution in [0.2, 0.25) is 0 Å². The Morgan fingerprint density at radius 1 is 1.48 bits per heavy atom. The molecule has 2 atom stereocenters. The fourth-order valence-electron chi connectivity index (χ4n) is 2.41. The maximum absolute atomic E-state index is 12.4. The van der Waals surface area contributed by atoms with Gasteiger partial charge in [-0.3, -0.25) is 4.79 Å². The van der Waals surface area contributed by atoms with Crippen molar-refractivity contribution in [1.29, 1.82) is 0 Å². The molecule has 124 valence electrons. The zero-order valence-corrected chi connectivity index (χ0v) is 13.3. The van der Waals surface area contributed by atoms with Crippen molar-refractivity contribution in [2.75, 3.05) is 19.8 Å². The number of amides is 1. The van der Waals surface area contributed by atoms with Crippen LogP contribution in [0, 0.1) is 13.8 Å². The topological polar surface area (TPSA) is 84.9 Å². The third kappa shape index (κ3) is 3.90. The van der Waals surface area contributed by atoms with E-state index in [1.807, 2.05) is 26.0 Å². The maximum atomic E-state index is 12.4. The van der Waals surface area contributed by atoms with Gasteiger partial charge in [0, 0.05) is 5.56 Å². The first-order chi connectivity index (χ1) is 10.9. The summed E-state index contributed by atoms with van der Waals surface area (Å²) in [6.45, 7) is 7.76. The lowest BCUT2D eigenvalue weighted by atomic mass is 9.96. The quantitative estimate of drug-likeness (QED) is 0.588. The first-order valence-electron chi connectivity index (χ1n) is 7.39. The van der Waals surface area contributed by atoms with Crippen LogP contribution in [0.4, 0.5) is 0 Å². The predicted molar refractivity (Wildman–Crippen MR) is 84.7 cm³/mol. The Balaban J connectivity index is 2.08. The number of aliphatic carboxylic acids is 1. The van der Waals surface area contributed by atoms with Crippen LogP contribution in [0.3, 0.4) is 0 Å². The van der Waals surface area contributed by atoms with E-state index in [-0.39, 0.29) is 25.7 Å². The van der Waals surface area contributed by atoms with Crippen molar-refractivity contribution in [2.45, 2.75) is 25.8 Å². The summed E-state index contributed by atoms with van der Waals surface area (Å²) in [5.41, 5.74) is 2.95. The van der Waals surface area contributed by atoms with Gasteiger partial charge in [-0.15, -0.1) is 6.58 Å². The largest absolute Gasteiger partial charge is 0.492 e. The van der Waals surface area contributed by atoms with Crippen LogP contribution in [-0.4, -0.2) is 42.8 Å². The van der Waals surface area contributed by atoms with Crippen LogP contribution in [0.25, 0.3) is 0 Å². The van der Waals surface area contributed by atoms with Gasteiger partial charge in [0.1, 0.15) is 18.3 Å². The van der Waals surface area contributed by atoms with Crippen molar-refractivity contribution in [3.63, 3.8) is 0 Å². The highest BCUT2D eigenvalue weighted by Gasteiger charge is 2.33. The highest BCUT2D eigenvalue weighted by molar-refractivity contribution is 5.89. The SMILES string of the molecule is C=CCOCC(NC(=O)C1COc2cc(C)c(C)cc21)C(=O)O. The van der Waals surface area contributed by atoms with Crippen LogP contribution in [0.15, 0.2) is 24.8 Å². The Kier molecular flexibility index (Phi) is 5.39. The van der Waals surface area contributed by atoms with E-state index >= 15 is 0 Å². The smallest absolute Gasteiger partial charge is 0.328 e. The summed E-state index contributed by atoms with van der Waals surface area (Å²) < 4.78 is 10.7. The van der Waals surface area contributed by atoms with Crippen LogP contribution in [0.1, 0.15) is 22.6 Å². The zero-order valence-electron chi connectivity index (χ0n) is 13.3. The minimum Gasteiger partial charge on any atom is -0.492 e. The Bertz CT molecular complexity index is 626. The molecule has 0 saturated heterocycles. The summed E-state index contributed by atoms with van der Waals surface area (Å²) >= 11 is 0. The van der Waals surface area contributed by atoms with Crippen molar-refractivity contribution < 1.29 is 24.2 Å². The third-order valence-corrected chi connectivity index (χ3v) is 3.86. The van der Waals surface area contributed by atoms with E-state index in [4.69, 9.17) is 9.47 Å². The van der Waals surface area contributed by atoms with E-state index in [0.29, 0.717) is 5.75 Å². The summed E-state index contributed by atoms with van der Waals surface area (Å²) in [5, 5.41) is 11.7. The van der Waals surface area contributed by atoms with Gasteiger partial charge in [-0.1, -0.05) is 12.1 Å². The lowest BCUT2D eigenvalue weighted by molar-refractivity contribution is -0.143. The molecule has 2 unspecified atom stereocenters. The summed E-state index contributed by atoms with van der Waals surface area (Å²) in [5.74, 6) is -1.34. The zero-order chi connectivity index (χ0) is 17.0. The molecule has 1 aromatic carbocycles. The van der Waals surface area contributed by atoms with E-state index in [0.717, 1.165) is 16.7 Å². The monoisotopic (exact) mass is 319 g/mol. The molecule has 1 amide bonds. The fraction of sp³-hybridized carbons (Fsp3) is 0.412. The molecule has 0 spiro atoms. The fourth-order valence-corrected chi connectivity index (χ4v) is 2.41. The van der Waals surface area contributed by atoms with Crippen LogP contribution < -0.4 is 10.1 Å². The third-order valence-electron chi connectivity index (χ3n) is 3.86. The molecule has 23 heavy (non-hydrogen) atoms. The Morgan fingerprint density at radius 3 is 2.83 bits per heavy atom. The van der Waals surface area contributed by atoms with Gasteiger partial charge in [0.15, 0.2) is 6.04 Å². The van der Waals surface area contributed by atoms with Gasteiger partial charge in [-0.25, -0.2) is 4.79 Å². The number of nitrogens with one attached hydrogen (secondary N) is 1. The van der Waals surface area contributed by atoms with Gasteiger partial charge in [-0.05, 0) is 31.0 Å².